The number of ether oxygens (including phenoxy) is 2. The second kappa shape index (κ2) is 9.12. The van der Waals surface area contributed by atoms with Gasteiger partial charge in [-0.2, -0.15) is 5.10 Å². The van der Waals surface area contributed by atoms with E-state index in [1.54, 1.807) is 43.1 Å². The van der Waals surface area contributed by atoms with Gasteiger partial charge >= 0.3 is 5.97 Å². The van der Waals surface area contributed by atoms with Crippen LogP contribution < -0.4 is 9.47 Å². The molecule has 33 heavy (non-hydrogen) atoms. The largest absolute Gasteiger partial charge is 0.493 e. The van der Waals surface area contributed by atoms with E-state index in [2.05, 4.69) is 10.1 Å². The van der Waals surface area contributed by atoms with Crippen LogP contribution in [0.1, 0.15) is 45.7 Å². The monoisotopic (exact) mass is 445 g/mol. The van der Waals surface area contributed by atoms with Gasteiger partial charge in [0.2, 0.25) is 0 Å². The van der Waals surface area contributed by atoms with Crippen molar-refractivity contribution in [2.24, 2.45) is 0 Å². The highest BCUT2D eigenvalue weighted by atomic mass is 16.5. The molecule has 168 valence electrons. The van der Waals surface area contributed by atoms with Crippen molar-refractivity contribution in [3.05, 3.63) is 77.6 Å². The molecule has 2 aromatic carbocycles. The highest BCUT2D eigenvalue weighted by Gasteiger charge is 2.19. The highest BCUT2D eigenvalue weighted by molar-refractivity contribution is 5.96. The number of Topliss-reactive ketones (excluding diaryl/α,β-unsaturated/α-hetero) is 1. The minimum absolute atomic E-state index is 0.146. The molecule has 8 heteroatoms. The molecule has 0 spiro atoms. The summed E-state index contributed by atoms with van der Waals surface area (Å²) < 4.78 is 12.3. The molecule has 4 rings (SSSR count). The van der Waals surface area contributed by atoms with Crippen molar-refractivity contribution in [1.29, 1.82) is 0 Å². The summed E-state index contributed by atoms with van der Waals surface area (Å²) in [6.45, 7) is 1.89. The average Bonchev–Trinajstić information content (AvgIpc) is 3.28. The van der Waals surface area contributed by atoms with Crippen molar-refractivity contribution in [3.8, 4) is 22.8 Å². The zero-order valence-electron chi connectivity index (χ0n) is 18.5. The van der Waals surface area contributed by atoms with Crippen LogP contribution in [-0.2, 0) is 0 Å². The number of ketones is 1. The third-order valence-corrected chi connectivity index (χ3v) is 5.52. The first-order chi connectivity index (χ1) is 15.9. The number of nitrogens with zero attached hydrogens (tertiary/aromatic N) is 3. The van der Waals surface area contributed by atoms with Gasteiger partial charge in [0.25, 0.3) is 0 Å². The summed E-state index contributed by atoms with van der Waals surface area (Å²) in [5.41, 5.74) is 3.42. The lowest BCUT2D eigenvalue weighted by molar-refractivity contribution is 0.0696. The molecule has 0 saturated heterocycles. The Bertz CT molecular complexity index is 1350. The van der Waals surface area contributed by atoms with Crippen molar-refractivity contribution in [2.75, 3.05) is 14.2 Å². The number of carbonyl (C=O) groups is 2. The summed E-state index contributed by atoms with van der Waals surface area (Å²) in [6, 6.07) is 15.6. The molecule has 2 aromatic heterocycles. The van der Waals surface area contributed by atoms with Gasteiger partial charge in [0.1, 0.15) is 5.69 Å². The molecule has 0 aliphatic heterocycles. The lowest BCUT2D eigenvalue weighted by Crippen LogP contribution is -2.07. The number of rotatable bonds is 8. The van der Waals surface area contributed by atoms with Crippen molar-refractivity contribution in [2.45, 2.75) is 19.3 Å². The Morgan fingerprint density at radius 2 is 1.82 bits per heavy atom. The quantitative estimate of drug-likeness (QED) is 0.399. The number of aromatic nitrogens is 3. The predicted molar refractivity (Wildman–Crippen MR) is 122 cm³/mol. The van der Waals surface area contributed by atoms with E-state index in [1.165, 1.54) is 6.07 Å². The number of carboxylic acid groups (broad SMARTS) is 1. The van der Waals surface area contributed by atoms with E-state index in [0.29, 0.717) is 22.8 Å². The molecule has 0 aliphatic carbocycles. The molecule has 4 aromatic rings. The number of carboxylic acids is 1. The smallest absolute Gasteiger partial charge is 0.335 e. The van der Waals surface area contributed by atoms with Crippen LogP contribution in [0.15, 0.2) is 60.8 Å². The van der Waals surface area contributed by atoms with Crippen LogP contribution in [0, 0.1) is 0 Å². The standard InChI is InChI=1S/C25H23N3O5/c1-15(16-5-4-6-18(12-16)25(30)31)11-21(29)19-14-24-26-10-9-20(28(24)27-19)17-7-8-22(32-2)23(13-17)33-3/h4-10,12-15H,11H2,1-3H3,(H,30,31). The molecular formula is C25H23N3O5. The maximum atomic E-state index is 13.0. The van der Waals surface area contributed by atoms with E-state index >= 15 is 0 Å². The van der Waals surface area contributed by atoms with Crippen molar-refractivity contribution >= 4 is 17.4 Å². The van der Waals surface area contributed by atoms with Crippen molar-refractivity contribution in [1.82, 2.24) is 14.6 Å². The first-order valence-corrected chi connectivity index (χ1v) is 10.3. The molecule has 2 heterocycles. The lowest BCUT2D eigenvalue weighted by Gasteiger charge is -2.11. The summed E-state index contributed by atoms with van der Waals surface area (Å²) in [4.78, 5) is 28.6. The molecule has 0 aliphatic rings. The van der Waals surface area contributed by atoms with Gasteiger partial charge in [0, 0.05) is 24.2 Å². The second-order valence-electron chi connectivity index (χ2n) is 7.66. The first kappa shape index (κ1) is 22.0. The van der Waals surface area contributed by atoms with Gasteiger partial charge in [-0.05, 0) is 47.9 Å². The third kappa shape index (κ3) is 4.41. The van der Waals surface area contributed by atoms with E-state index in [0.717, 1.165) is 16.8 Å². The Hall–Kier alpha value is -4.20. The average molecular weight is 445 g/mol. The van der Waals surface area contributed by atoms with Gasteiger partial charge in [-0.3, -0.25) is 4.79 Å². The molecule has 1 unspecified atom stereocenters. The van der Waals surface area contributed by atoms with E-state index < -0.39 is 5.97 Å². The number of hydrogen-bond donors (Lipinski definition) is 1. The molecule has 1 atom stereocenters. The van der Waals surface area contributed by atoms with E-state index in [1.807, 2.05) is 37.3 Å². The summed E-state index contributed by atoms with van der Waals surface area (Å²) in [5, 5.41) is 13.7. The Balaban J connectivity index is 1.63. The molecule has 8 nitrogen and oxygen atoms in total. The van der Waals surface area contributed by atoms with Gasteiger partial charge in [-0.25, -0.2) is 14.3 Å². The fourth-order valence-corrected chi connectivity index (χ4v) is 3.72. The molecule has 1 N–H and O–H groups in total. The summed E-state index contributed by atoms with van der Waals surface area (Å²) in [5.74, 6) is -0.110. The summed E-state index contributed by atoms with van der Waals surface area (Å²) in [7, 11) is 3.15. The zero-order valence-corrected chi connectivity index (χ0v) is 18.5. The van der Waals surface area contributed by atoms with Gasteiger partial charge in [-0.1, -0.05) is 19.1 Å². The predicted octanol–water partition coefficient (Wildman–Crippen LogP) is 4.49. The van der Waals surface area contributed by atoms with Crippen LogP contribution in [0.5, 0.6) is 11.5 Å². The second-order valence-corrected chi connectivity index (χ2v) is 7.66. The maximum Gasteiger partial charge on any atom is 0.335 e. The lowest BCUT2D eigenvalue weighted by atomic mass is 9.93. The van der Waals surface area contributed by atoms with E-state index in [4.69, 9.17) is 9.47 Å². The topological polar surface area (TPSA) is 103 Å². The molecule has 0 radical (unpaired) electrons. The Labute approximate surface area is 190 Å². The van der Waals surface area contributed by atoms with Crippen LogP contribution in [0.25, 0.3) is 16.9 Å². The number of fused-ring (bicyclic) bond motifs is 1. The number of methoxy groups -OCH3 is 2. The minimum Gasteiger partial charge on any atom is -0.493 e. The van der Waals surface area contributed by atoms with Gasteiger partial charge < -0.3 is 14.6 Å². The van der Waals surface area contributed by atoms with E-state index in [9.17, 15) is 14.7 Å². The van der Waals surface area contributed by atoms with Crippen LogP contribution in [0.4, 0.5) is 0 Å². The number of aromatic carboxylic acids is 1. The first-order valence-electron chi connectivity index (χ1n) is 10.3. The SMILES string of the molecule is COc1ccc(-c2ccnc3cc(C(=O)CC(C)c4cccc(C(=O)O)c4)nn23)cc1OC. The van der Waals surface area contributed by atoms with Crippen molar-refractivity contribution < 1.29 is 24.2 Å². The molecule has 0 bridgehead atoms. The van der Waals surface area contributed by atoms with Crippen LogP contribution in [-0.4, -0.2) is 45.7 Å². The number of hydrogen-bond acceptors (Lipinski definition) is 6. The third-order valence-electron chi connectivity index (χ3n) is 5.52. The Morgan fingerprint density at radius 1 is 1.03 bits per heavy atom. The normalized spacial score (nSPS) is 11.8. The Kier molecular flexibility index (Phi) is 6.08. The van der Waals surface area contributed by atoms with Gasteiger partial charge in [0.05, 0.1) is 25.5 Å². The molecule has 0 fully saturated rings. The number of benzene rings is 2. The van der Waals surface area contributed by atoms with Gasteiger partial charge in [0.15, 0.2) is 22.9 Å². The minimum atomic E-state index is -0.996. The zero-order chi connectivity index (χ0) is 23.5. The van der Waals surface area contributed by atoms with Gasteiger partial charge in [-0.15, -0.1) is 0 Å². The Morgan fingerprint density at radius 3 is 2.55 bits per heavy atom. The molecule has 0 saturated carbocycles. The van der Waals surface area contributed by atoms with Crippen LogP contribution in [0.2, 0.25) is 0 Å². The van der Waals surface area contributed by atoms with E-state index in [-0.39, 0.29) is 23.7 Å². The number of carbonyl (C=O) groups excluding carboxylic acids is 1. The van der Waals surface area contributed by atoms with Crippen molar-refractivity contribution in [3.63, 3.8) is 0 Å². The van der Waals surface area contributed by atoms with Crippen LogP contribution >= 0.6 is 0 Å². The molecular weight excluding hydrogens is 422 g/mol. The maximum absolute atomic E-state index is 13.0. The fraction of sp³-hybridized carbons (Fsp3) is 0.200. The summed E-state index contributed by atoms with van der Waals surface area (Å²) >= 11 is 0. The summed E-state index contributed by atoms with van der Waals surface area (Å²) in [6.07, 6.45) is 1.86. The highest BCUT2D eigenvalue weighted by Crippen LogP contribution is 2.32. The van der Waals surface area contributed by atoms with Crippen LogP contribution in [0.3, 0.4) is 0 Å². The fourth-order valence-electron chi connectivity index (χ4n) is 3.72. The molecule has 0 amide bonds.